The van der Waals surface area contributed by atoms with Crippen molar-refractivity contribution in [1.29, 1.82) is 0 Å². The zero-order chi connectivity index (χ0) is 27.4. The summed E-state index contributed by atoms with van der Waals surface area (Å²) in [6.07, 6.45) is 0. The molecule has 0 aliphatic rings. The average Bonchev–Trinajstić information content (AvgIpc) is 3.68. The maximum absolute atomic E-state index is 5.67. The largest absolute Gasteiger partial charge is 0.495 e. The van der Waals surface area contributed by atoms with E-state index in [1.807, 2.05) is 12.1 Å². The Morgan fingerprint density at radius 3 is 1.46 bits per heavy atom. The molecule has 0 saturated carbocycles. The molecule has 5 rings (SSSR count). The molecule has 0 amide bonds. The lowest BCUT2D eigenvalue weighted by Gasteiger charge is -2.17. The highest BCUT2D eigenvalue weighted by atomic mass is 16.5. The third-order valence-electron chi connectivity index (χ3n) is 5.82. The van der Waals surface area contributed by atoms with Crippen LogP contribution in [0.5, 0.6) is 28.7 Å². The van der Waals surface area contributed by atoms with Crippen LogP contribution >= 0.6 is 0 Å². The zero-order valence-electron chi connectivity index (χ0n) is 21.9. The molecule has 0 saturated heterocycles. The van der Waals surface area contributed by atoms with E-state index < -0.39 is 0 Å². The second-order valence-corrected chi connectivity index (χ2v) is 7.95. The Kier molecular flexibility index (Phi) is 7.17. The summed E-state index contributed by atoms with van der Waals surface area (Å²) in [6.45, 7) is 0. The van der Waals surface area contributed by atoms with E-state index >= 15 is 0 Å². The van der Waals surface area contributed by atoms with Gasteiger partial charge < -0.3 is 32.7 Å². The van der Waals surface area contributed by atoms with E-state index in [-0.39, 0.29) is 12.0 Å². The molecule has 0 aliphatic heterocycles. The molecule has 0 fully saturated rings. The smallest absolute Gasteiger partial charge is 0.337 e. The molecule has 12 nitrogen and oxygen atoms in total. The van der Waals surface area contributed by atoms with E-state index in [1.165, 1.54) is 4.90 Å². The van der Waals surface area contributed by atoms with Crippen LogP contribution in [0.25, 0.3) is 22.8 Å². The summed E-state index contributed by atoms with van der Waals surface area (Å²) in [6, 6.07) is 18.0. The molecule has 0 unspecified atom stereocenters. The monoisotopic (exact) mass is 531 g/mol. The van der Waals surface area contributed by atoms with Crippen molar-refractivity contribution in [2.45, 2.75) is 0 Å². The predicted molar refractivity (Wildman–Crippen MR) is 140 cm³/mol. The first-order valence-electron chi connectivity index (χ1n) is 11.7. The molecule has 0 bridgehead atoms. The van der Waals surface area contributed by atoms with E-state index in [1.54, 1.807) is 84.1 Å². The molecule has 3 aromatic carbocycles. The van der Waals surface area contributed by atoms with E-state index in [0.29, 0.717) is 57.2 Å². The molecule has 200 valence electrons. The van der Waals surface area contributed by atoms with Crippen molar-refractivity contribution in [3.8, 4) is 51.5 Å². The number of rotatable bonds is 10. The van der Waals surface area contributed by atoms with Gasteiger partial charge in [-0.15, -0.1) is 0 Å². The maximum atomic E-state index is 5.67. The summed E-state index contributed by atoms with van der Waals surface area (Å²) >= 11 is 0. The molecule has 2 aromatic heterocycles. The highest BCUT2D eigenvalue weighted by Gasteiger charge is 2.28. The average molecular weight is 532 g/mol. The van der Waals surface area contributed by atoms with Gasteiger partial charge in [0.05, 0.1) is 41.2 Å². The SMILES string of the molecule is COc1ccc(-c2noc(N(c3nc(-c4ccc(OC)c(OC)c4)no3)c3ccccc3OC)n2)cc1OC. The molecule has 0 N–H and O–H groups in total. The number of nitrogens with zero attached hydrogens (tertiary/aromatic N) is 5. The number of para-hydroxylation sites is 2. The summed E-state index contributed by atoms with van der Waals surface area (Å²) in [7, 11) is 7.80. The van der Waals surface area contributed by atoms with Crippen LogP contribution in [0.2, 0.25) is 0 Å². The Bertz CT molecular complexity index is 1490. The Labute approximate surface area is 223 Å². The van der Waals surface area contributed by atoms with Crippen LogP contribution in [0, 0.1) is 0 Å². The van der Waals surface area contributed by atoms with Crippen LogP contribution in [0.1, 0.15) is 0 Å². The number of methoxy groups -OCH3 is 5. The molecule has 0 atom stereocenters. The summed E-state index contributed by atoms with van der Waals surface area (Å²) in [5.41, 5.74) is 1.85. The number of benzene rings is 3. The third kappa shape index (κ3) is 4.87. The lowest BCUT2D eigenvalue weighted by atomic mass is 10.2. The minimum absolute atomic E-state index is 0.0757. The van der Waals surface area contributed by atoms with E-state index in [2.05, 4.69) is 20.3 Å². The Balaban J connectivity index is 1.58. The standard InChI is InChI=1S/C27H25N5O7/c1-33-19-9-7-6-8-18(19)32(26-28-24(30-38-26)16-10-12-20(34-2)22(14-16)36-4)27-29-25(31-39-27)17-11-13-21(35-3)23(15-17)37-5/h6-15H,1-5H3. The normalized spacial score (nSPS) is 10.7. The van der Waals surface area contributed by atoms with Gasteiger partial charge in [0.1, 0.15) is 5.75 Å². The predicted octanol–water partition coefficient (Wildman–Crippen LogP) is 5.30. The van der Waals surface area contributed by atoms with Gasteiger partial charge in [0.25, 0.3) is 0 Å². The summed E-state index contributed by atoms with van der Waals surface area (Å²) < 4.78 is 38.4. The first kappa shape index (κ1) is 25.4. The highest BCUT2D eigenvalue weighted by molar-refractivity contribution is 5.74. The molecule has 0 radical (unpaired) electrons. The number of hydrogen-bond donors (Lipinski definition) is 0. The summed E-state index contributed by atoms with van der Waals surface area (Å²) in [4.78, 5) is 10.7. The van der Waals surface area contributed by atoms with E-state index in [4.69, 9.17) is 32.7 Å². The number of hydrogen-bond acceptors (Lipinski definition) is 12. The zero-order valence-corrected chi connectivity index (χ0v) is 21.9. The quantitative estimate of drug-likeness (QED) is 0.232. The fraction of sp³-hybridized carbons (Fsp3) is 0.185. The lowest BCUT2D eigenvalue weighted by molar-refractivity contribution is 0.355. The van der Waals surface area contributed by atoms with Crippen LogP contribution in [-0.2, 0) is 0 Å². The minimum atomic E-state index is 0.0757. The fourth-order valence-corrected chi connectivity index (χ4v) is 3.90. The summed E-state index contributed by atoms with van der Waals surface area (Å²) in [5.74, 6) is 3.35. The first-order chi connectivity index (χ1) is 19.1. The third-order valence-corrected chi connectivity index (χ3v) is 5.82. The van der Waals surface area contributed by atoms with Gasteiger partial charge in [0.15, 0.2) is 23.0 Å². The van der Waals surface area contributed by atoms with Gasteiger partial charge in [-0.25, -0.2) is 4.90 Å². The molecular weight excluding hydrogens is 506 g/mol. The van der Waals surface area contributed by atoms with Gasteiger partial charge in [0, 0.05) is 11.1 Å². The highest BCUT2D eigenvalue weighted by Crippen LogP contribution is 2.40. The molecule has 2 heterocycles. The van der Waals surface area contributed by atoms with Gasteiger partial charge in [-0.1, -0.05) is 22.4 Å². The minimum Gasteiger partial charge on any atom is -0.495 e. The van der Waals surface area contributed by atoms with Crippen LogP contribution < -0.4 is 28.6 Å². The lowest BCUT2D eigenvalue weighted by Crippen LogP contribution is -2.12. The second-order valence-electron chi connectivity index (χ2n) is 7.95. The van der Waals surface area contributed by atoms with Gasteiger partial charge in [-0.3, -0.25) is 0 Å². The van der Waals surface area contributed by atoms with Crippen molar-refractivity contribution in [3.63, 3.8) is 0 Å². The van der Waals surface area contributed by atoms with Gasteiger partial charge in [0.2, 0.25) is 11.6 Å². The number of anilines is 3. The fourth-order valence-electron chi connectivity index (χ4n) is 3.90. The molecule has 0 spiro atoms. The number of ether oxygens (including phenoxy) is 5. The van der Waals surface area contributed by atoms with Gasteiger partial charge in [-0.05, 0) is 48.5 Å². The molecule has 5 aromatic rings. The van der Waals surface area contributed by atoms with Crippen molar-refractivity contribution < 1.29 is 32.7 Å². The molecule has 12 heteroatoms. The van der Waals surface area contributed by atoms with Gasteiger partial charge in [-0.2, -0.15) is 9.97 Å². The van der Waals surface area contributed by atoms with Crippen molar-refractivity contribution in [1.82, 2.24) is 20.3 Å². The Hall–Kier alpha value is -5.26. The summed E-state index contributed by atoms with van der Waals surface area (Å²) in [5, 5.41) is 8.33. The van der Waals surface area contributed by atoms with E-state index in [9.17, 15) is 0 Å². The van der Waals surface area contributed by atoms with Crippen molar-refractivity contribution >= 4 is 17.7 Å². The van der Waals surface area contributed by atoms with Crippen LogP contribution in [0.3, 0.4) is 0 Å². The molecule has 0 aliphatic carbocycles. The molecule has 39 heavy (non-hydrogen) atoms. The Morgan fingerprint density at radius 2 is 1.00 bits per heavy atom. The maximum Gasteiger partial charge on any atom is 0.337 e. The van der Waals surface area contributed by atoms with Crippen molar-refractivity contribution in [3.05, 3.63) is 60.7 Å². The first-order valence-corrected chi connectivity index (χ1v) is 11.7. The number of aromatic nitrogens is 4. The van der Waals surface area contributed by atoms with Crippen molar-refractivity contribution in [2.24, 2.45) is 0 Å². The van der Waals surface area contributed by atoms with Crippen molar-refractivity contribution in [2.75, 3.05) is 40.4 Å². The van der Waals surface area contributed by atoms with Crippen LogP contribution in [0.15, 0.2) is 69.7 Å². The van der Waals surface area contributed by atoms with Crippen LogP contribution in [0.4, 0.5) is 17.7 Å². The Morgan fingerprint density at radius 1 is 0.538 bits per heavy atom. The topological polar surface area (TPSA) is 127 Å². The van der Waals surface area contributed by atoms with Gasteiger partial charge >= 0.3 is 12.0 Å². The second kappa shape index (κ2) is 11.0. The van der Waals surface area contributed by atoms with Crippen LogP contribution in [-0.4, -0.2) is 55.8 Å². The van der Waals surface area contributed by atoms with E-state index in [0.717, 1.165) is 0 Å². The molecular formula is C27H25N5O7.